The number of aliphatic hydroxyl groups is 1. The van der Waals surface area contributed by atoms with Gasteiger partial charge < -0.3 is 10.0 Å². The molecule has 1 atom stereocenters. The Labute approximate surface area is 131 Å². The van der Waals surface area contributed by atoms with E-state index in [9.17, 15) is 5.11 Å². The highest BCUT2D eigenvalue weighted by atomic mass is 35.5. The second-order valence-corrected chi connectivity index (χ2v) is 6.06. The first-order chi connectivity index (χ1) is 9.90. The molecule has 0 saturated heterocycles. The van der Waals surface area contributed by atoms with Crippen molar-refractivity contribution in [2.24, 2.45) is 0 Å². The molecule has 4 nitrogen and oxygen atoms in total. The van der Waals surface area contributed by atoms with Crippen molar-refractivity contribution in [2.45, 2.75) is 26.5 Å². The molecule has 0 amide bonds. The molecule has 0 fully saturated rings. The minimum Gasteiger partial charge on any atom is -0.382 e. The lowest BCUT2D eigenvalue weighted by molar-refractivity contribution is 0.205. The molecule has 1 aromatic carbocycles. The largest absolute Gasteiger partial charge is 0.382 e. The summed E-state index contributed by atoms with van der Waals surface area (Å²) in [5.74, 6) is 0. The quantitative estimate of drug-likeness (QED) is 0.923. The molecule has 2 rings (SSSR count). The predicted molar refractivity (Wildman–Crippen MR) is 85.8 cm³/mol. The molecule has 1 heterocycles. The zero-order valence-electron chi connectivity index (χ0n) is 13.0. The van der Waals surface area contributed by atoms with E-state index in [4.69, 9.17) is 11.6 Å². The van der Waals surface area contributed by atoms with Crippen molar-refractivity contribution >= 4 is 11.6 Å². The van der Waals surface area contributed by atoms with Gasteiger partial charge in [-0.15, -0.1) is 0 Å². The van der Waals surface area contributed by atoms with Gasteiger partial charge in [0.15, 0.2) is 0 Å². The van der Waals surface area contributed by atoms with Gasteiger partial charge in [-0.1, -0.05) is 29.8 Å². The smallest absolute Gasteiger partial charge is 0.122 e. The van der Waals surface area contributed by atoms with E-state index in [1.54, 1.807) is 10.9 Å². The van der Waals surface area contributed by atoms with Crippen LogP contribution in [0.5, 0.6) is 0 Å². The minimum absolute atomic E-state index is 0.500. The SMILES string of the molecule is Cc1ccc(C(O)c2c(Cl)cnn2CCN(C)C)cc1C. The molecule has 1 N–H and O–H groups in total. The predicted octanol–water partition coefficient (Wildman–Crippen LogP) is 2.80. The Morgan fingerprint density at radius 1 is 1.29 bits per heavy atom. The van der Waals surface area contributed by atoms with Crippen LogP contribution in [0, 0.1) is 13.8 Å². The molecule has 0 saturated carbocycles. The number of halogens is 1. The number of rotatable bonds is 5. The Hall–Kier alpha value is -1.36. The highest BCUT2D eigenvalue weighted by Gasteiger charge is 2.20. The van der Waals surface area contributed by atoms with Gasteiger partial charge in [0.05, 0.1) is 23.5 Å². The van der Waals surface area contributed by atoms with Crippen molar-refractivity contribution in [3.8, 4) is 0 Å². The van der Waals surface area contributed by atoms with E-state index in [1.807, 2.05) is 39.2 Å². The van der Waals surface area contributed by atoms with E-state index < -0.39 is 6.10 Å². The number of benzene rings is 1. The maximum atomic E-state index is 10.7. The Balaban J connectivity index is 2.31. The summed E-state index contributed by atoms with van der Waals surface area (Å²) >= 11 is 6.22. The maximum Gasteiger partial charge on any atom is 0.122 e. The van der Waals surface area contributed by atoms with Crippen molar-refractivity contribution in [2.75, 3.05) is 20.6 Å². The fourth-order valence-corrected chi connectivity index (χ4v) is 2.45. The Morgan fingerprint density at radius 2 is 2.00 bits per heavy atom. The van der Waals surface area contributed by atoms with Gasteiger partial charge in [-0.05, 0) is 44.6 Å². The van der Waals surface area contributed by atoms with E-state index in [0.717, 1.165) is 17.7 Å². The minimum atomic E-state index is -0.763. The summed E-state index contributed by atoms with van der Waals surface area (Å²) in [5.41, 5.74) is 3.86. The normalized spacial score (nSPS) is 12.9. The maximum absolute atomic E-state index is 10.7. The summed E-state index contributed by atoms with van der Waals surface area (Å²) in [7, 11) is 4.01. The number of hydrogen-bond acceptors (Lipinski definition) is 3. The zero-order valence-corrected chi connectivity index (χ0v) is 13.7. The van der Waals surface area contributed by atoms with Crippen LogP contribution >= 0.6 is 11.6 Å². The van der Waals surface area contributed by atoms with Crippen LogP contribution < -0.4 is 0 Å². The number of aryl methyl sites for hydroxylation is 2. The molecule has 1 aromatic heterocycles. The third-order valence-corrected chi connectivity index (χ3v) is 3.99. The summed E-state index contributed by atoms with van der Waals surface area (Å²) in [6, 6.07) is 5.95. The number of aliphatic hydroxyl groups excluding tert-OH is 1. The molecule has 0 aliphatic carbocycles. The average molecular weight is 308 g/mol. The lowest BCUT2D eigenvalue weighted by Crippen LogP contribution is -2.21. The van der Waals surface area contributed by atoms with Gasteiger partial charge in [0.2, 0.25) is 0 Å². The Bertz CT molecular complexity index is 622. The van der Waals surface area contributed by atoms with E-state index in [2.05, 4.69) is 16.9 Å². The molecule has 0 spiro atoms. The summed E-state index contributed by atoms with van der Waals surface area (Å²) in [5, 5.41) is 15.4. The lowest BCUT2D eigenvalue weighted by Gasteiger charge is -2.17. The van der Waals surface area contributed by atoms with Gasteiger partial charge >= 0.3 is 0 Å². The number of aromatic nitrogens is 2. The van der Waals surface area contributed by atoms with Crippen LogP contribution in [-0.4, -0.2) is 40.4 Å². The van der Waals surface area contributed by atoms with E-state index >= 15 is 0 Å². The monoisotopic (exact) mass is 307 g/mol. The third-order valence-electron chi connectivity index (χ3n) is 3.70. The van der Waals surface area contributed by atoms with Gasteiger partial charge in [0.25, 0.3) is 0 Å². The summed E-state index contributed by atoms with van der Waals surface area (Å²) in [4.78, 5) is 2.07. The second kappa shape index (κ2) is 6.60. The zero-order chi connectivity index (χ0) is 15.6. The van der Waals surface area contributed by atoms with Gasteiger partial charge in [-0.2, -0.15) is 5.10 Å². The van der Waals surface area contributed by atoms with Crippen molar-refractivity contribution in [1.29, 1.82) is 0 Å². The summed E-state index contributed by atoms with van der Waals surface area (Å²) in [6.07, 6.45) is 0.832. The van der Waals surface area contributed by atoms with Crippen LogP contribution in [-0.2, 0) is 6.54 Å². The van der Waals surface area contributed by atoms with Crippen molar-refractivity contribution in [3.05, 3.63) is 51.8 Å². The molecule has 0 radical (unpaired) electrons. The Kier molecular flexibility index (Phi) is 5.04. The highest BCUT2D eigenvalue weighted by Crippen LogP contribution is 2.29. The number of nitrogens with zero attached hydrogens (tertiary/aromatic N) is 3. The standard InChI is InChI=1S/C16H22ClN3O/c1-11-5-6-13(9-12(11)2)16(21)15-14(17)10-18-20(15)8-7-19(3)4/h5-6,9-10,16,21H,7-8H2,1-4H3. The summed E-state index contributed by atoms with van der Waals surface area (Å²) < 4.78 is 1.78. The fourth-order valence-electron chi connectivity index (χ4n) is 2.21. The molecule has 0 bridgehead atoms. The third kappa shape index (κ3) is 3.64. The molecular weight excluding hydrogens is 286 g/mol. The van der Waals surface area contributed by atoms with Crippen LogP contribution in [0.1, 0.15) is 28.5 Å². The topological polar surface area (TPSA) is 41.3 Å². The first-order valence-electron chi connectivity index (χ1n) is 7.01. The highest BCUT2D eigenvalue weighted by molar-refractivity contribution is 6.31. The van der Waals surface area contributed by atoms with Crippen LogP contribution in [0.4, 0.5) is 0 Å². The van der Waals surface area contributed by atoms with Gasteiger partial charge in [-0.3, -0.25) is 4.68 Å². The number of likely N-dealkylation sites (N-methyl/N-ethyl adjacent to an activating group) is 1. The van der Waals surface area contributed by atoms with E-state index in [-0.39, 0.29) is 0 Å². The molecular formula is C16H22ClN3O. The van der Waals surface area contributed by atoms with Crippen molar-refractivity contribution < 1.29 is 5.11 Å². The first-order valence-corrected chi connectivity index (χ1v) is 7.39. The molecule has 114 valence electrons. The van der Waals surface area contributed by atoms with Crippen molar-refractivity contribution in [1.82, 2.24) is 14.7 Å². The van der Waals surface area contributed by atoms with Gasteiger partial charge in [0, 0.05) is 6.54 Å². The fraction of sp³-hybridized carbons (Fsp3) is 0.438. The average Bonchev–Trinajstić information content (AvgIpc) is 2.80. The lowest BCUT2D eigenvalue weighted by atomic mass is 10.0. The molecule has 0 aliphatic heterocycles. The molecule has 1 unspecified atom stereocenters. The van der Waals surface area contributed by atoms with Crippen LogP contribution in [0.3, 0.4) is 0 Å². The molecule has 2 aromatic rings. The van der Waals surface area contributed by atoms with Crippen LogP contribution in [0.2, 0.25) is 5.02 Å². The molecule has 5 heteroatoms. The van der Waals surface area contributed by atoms with Gasteiger partial charge in [-0.25, -0.2) is 0 Å². The molecule has 0 aliphatic rings. The first kappa shape index (κ1) is 16.0. The van der Waals surface area contributed by atoms with E-state index in [0.29, 0.717) is 17.3 Å². The van der Waals surface area contributed by atoms with Gasteiger partial charge in [0.1, 0.15) is 6.10 Å². The van der Waals surface area contributed by atoms with E-state index in [1.165, 1.54) is 5.56 Å². The summed E-state index contributed by atoms with van der Waals surface area (Å²) in [6.45, 7) is 5.62. The molecule has 21 heavy (non-hydrogen) atoms. The number of hydrogen-bond donors (Lipinski definition) is 1. The van der Waals surface area contributed by atoms with Crippen LogP contribution in [0.25, 0.3) is 0 Å². The van der Waals surface area contributed by atoms with Crippen LogP contribution in [0.15, 0.2) is 24.4 Å². The second-order valence-electron chi connectivity index (χ2n) is 5.65. The Morgan fingerprint density at radius 3 is 2.62 bits per heavy atom. The van der Waals surface area contributed by atoms with Crippen molar-refractivity contribution in [3.63, 3.8) is 0 Å².